The molecule has 1 aliphatic heterocycles. The first-order valence-corrected chi connectivity index (χ1v) is 12.5. The van der Waals surface area contributed by atoms with Crippen LogP contribution in [0.15, 0.2) is 48.5 Å². The molecule has 38 heavy (non-hydrogen) atoms. The predicted molar refractivity (Wildman–Crippen MR) is 127 cm³/mol. The smallest absolute Gasteiger partial charge is 0.373 e. The van der Waals surface area contributed by atoms with Crippen molar-refractivity contribution in [3.05, 3.63) is 70.8 Å². The third-order valence-electron chi connectivity index (χ3n) is 7.91. The Kier molecular flexibility index (Phi) is 7.54. The number of hydrogen-bond acceptors (Lipinski definition) is 3. The van der Waals surface area contributed by atoms with Crippen LogP contribution in [0.2, 0.25) is 0 Å². The Hall–Kier alpha value is -3.06. The summed E-state index contributed by atoms with van der Waals surface area (Å²) >= 11 is 0. The lowest BCUT2D eigenvalue weighted by molar-refractivity contribution is -0.143. The number of carbonyl (C=O) groups is 1. The molecule has 0 N–H and O–H groups in total. The fourth-order valence-corrected chi connectivity index (χ4v) is 5.59. The van der Waals surface area contributed by atoms with Gasteiger partial charge in [-0.15, -0.1) is 0 Å². The van der Waals surface area contributed by atoms with Crippen LogP contribution in [0, 0.1) is 11.3 Å². The first kappa shape index (κ1) is 28.0. The minimum absolute atomic E-state index is 0.0330. The Bertz CT molecular complexity index is 1160. The molecule has 4 rings (SSSR count). The van der Waals surface area contributed by atoms with Gasteiger partial charge in [0, 0.05) is 18.4 Å². The van der Waals surface area contributed by atoms with Crippen LogP contribution in [0.5, 0.6) is 0 Å². The summed E-state index contributed by atoms with van der Waals surface area (Å²) in [6.07, 6.45) is -8.12. The number of halogens is 6. The minimum Gasteiger partial charge on any atom is -0.373 e. The second-order valence-corrected chi connectivity index (χ2v) is 10.2. The molecule has 0 bridgehead atoms. The van der Waals surface area contributed by atoms with Crippen LogP contribution in [-0.2, 0) is 27.3 Å². The number of alkyl halides is 6. The standard InChI is InChI=1S/C28H28F6N2O2/c1-19(20-14-22(27(29,30)31)16-23(15-20)28(32,33)34)38-18-25(21-6-3-2-4-7-21)9-11-26(17-35,12-10-25)36-13-5-8-24(36)37/h2-4,6-7,14-16,19H,5,8-13,18H2,1H3/t19-,25?,26?/m1/s1. The molecular weight excluding hydrogens is 510 g/mol. The van der Waals surface area contributed by atoms with Crippen LogP contribution in [0.25, 0.3) is 0 Å². The average molecular weight is 539 g/mol. The van der Waals surface area contributed by atoms with Crippen LogP contribution >= 0.6 is 0 Å². The fourth-order valence-electron chi connectivity index (χ4n) is 5.59. The second-order valence-electron chi connectivity index (χ2n) is 10.2. The molecule has 1 aliphatic carbocycles. The number of likely N-dealkylation sites (tertiary alicyclic amines) is 1. The van der Waals surface area contributed by atoms with Crippen molar-refractivity contribution in [3.63, 3.8) is 0 Å². The molecular formula is C28H28F6N2O2. The number of nitrogens with zero attached hydrogens (tertiary/aromatic N) is 2. The highest BCUT2D eigenvalue weighted by Crippen LogP contribution is 2.47. The second kappa shape index (κ2) is 10.3. The zero-order valence-electron chi connectivity index (χ0n) is 20.8. The zero-order valence-corrected chi connectivity index (χ0v) is 20.8. The number of nitriles is 1. The van der Waals surface area contributed by atoms with Crippen LogP contribution in [0.4, 0.5) is 26.3 Å². The summed E-state index contributed by atoms with van der Waals surface area (Å²) in [5.74, 6) is -0.0475. The van der Waals surface area contributed by atoms with Crippen LogP contribution in [0.3, 0.4) is 0 Å². The average Bonchev–Trinajstić information content (AvgIpc) is 3.33. The van der Waals surface area contributed by atoms with Crippen molar-refractivity contribution >= 4 is 5.91 Å². The Labute approximate surface area is 217 Å². The van der Waals surface area contributed by atoms with Crippen LogP contribution < -0.4 is 0 Å². The summed E-state index contributed by atoms with van der Waals surface area (Å²) in [6.45, 7) is 1.99. The minimum atomic E-state index is -4.95. The highest BCUT2D eigenvalue weighted by atomic mass is 19.4. The van der Waals surface area contributed by atoms with E-state index in [1.54, 1.807) is 4.90 Å². The van der Waals surface area contributed by atoms with Crippen LogP contribution in [0.1, 0.15) is 73.8 Å². The van der Waals surface area contributed by atoms with E-state index in [1.807, 2.05) is 30.3 Å². The van der Waals surface area contributed by atoms with Crippen molar-refractivity contribution in [1.82, 2.24) is 4.90 Å². The summed E-state index contributed by atoms with van der Waals surface area (Å²) in [6, 6.07) is 13.2. The van der Waals surface area contributed by atoms with Gasteiger partial charge >= 0.3 is 12.4 Å². The first-order chi connectivity index (χ1) is 17.8. The highest BCUT2D eigenvalue weighted by Gasteiger charge is 2.49. The Morgan fingerprint density at radius 3 is 2.03 bits per heavy atom. The van der Waals surface area contributed by atoms with Gasteiger partial charge in [0.15, 0.2) is 0 Å². The van der Waals surface area contributed by atoms with Gasteiger partial charge in [-0.2, -0.15) is 31.6 Å². The van der Waals surface area contributed by atoms with E-state index in [9.17, 15) is 36.4 Å². The van der Waals surface area contributed by atoms with Crippen molar-refractivity contribution in [2.75, 3.05) is 13.2 Å². The number of carbonyl (C=O) groups excluding carboxylic acids is 1. The molecule has 0 unspecified atom stereocenters. The maximum Gasteiger partial charge on any atom is 0.416 e. The molecule has 0 radical (unpaired) electrons. The molecule has 1 saturated carbocycles. The monoisotopic (exact) mass is 538 g/mol. The largest absolute Gasteiger partial charge is 0.416 e. The third-order valence-corrected chi connectivity index (χ3v) is 7.91. The first-order valence-electron chi connectivity index (χ1n) is 12.5. The summed E-state index contributed by atoms with van der Waals surface area (Å²) in [4.78, 5) is 14.1. The van der Waals surface area contributed by atoms with Gasteiger partial charge in [0.25, 0.3) is 0 Å². The number of ether oxygens (including phenoxy) is 1. The molecule has 1 heterocycles. The molecule has 1 amide bonds. The van der Waals surface area contributed by atoms with Gasteiger partial charge in [0.2, 0.25) is 5.91 Å². The van der Waals surface area contributed by atoms with Crippen molar-refractivity contribution in [2.24, 2.45) is 0 Å². The summed E-state index contributed by atoms with van der Waals surface area (Å²) < 4.78 is 86.2. The number of hydrogen-bond donors (Lipinski definition) is 0. The van der Waals surface area contributed by atoms with Gasteiger partial charge in [0.1, 0.15) is 5.54 Å². The Balaban J connectivity index is 1.60. The molecule has 2 aromatic rings. The van der Waals surface area contributed by atoms with Crippen molar-refractivity contribution in [3.8, 4) is 6.07 Å². The third kappa shape index (κ3) is 5.53. The normalized spacial score (nSPS) is 25.3. The van der Waals surface area contributed by atoms with Crippen molar-refractivity contribution < 1.29 is 35.9 Å². The van der Waals surface area contributed by atoms with Gasteiger partial charge in [-0.3, -0.25) is 4.79 Å². The fraction of sp³-hybridized carbons (Fsp3) is 0.500. The van der Waals surface area contributed by atoms with E-state index in [0.29, 0.717) is 57.2 Å². The molecule has 2 fully saturated rings. The summed E-state index contributed by atoms with van der Waals surface area (Å²) in [7, 11) is 0. The van der Waals surface area contributed by atoms with E-state index in [0.717, 1.165) is 5.56 Å². The van der Waals surface area contributed by atoms with Gasteiger partial charge in [0.05, 0.1) is 29.9 Å². The molecule has 1 saturated heterocycles. The molecule has 4 nitrogen and oxygen atoms in total. The van der Waals surface area contributed by atoms with Gasteiger partial charge < -0.3 is 9.64 Å². The molecule has 1 atom stereocenters. The lowest BCUT2D eigenvalue weighted by Crippen LogP contribution is -2.53. The molecule has 2 aliphatic rings. The summed E-state index contributed by atoms with van der Waals surface area (Å²) in [5, 5.41) is 10.1. The van der Waals surface area contributed by atoms with Gasteiger partial charge in [-0.25, -0.2) is 0 Å². The van der Waals surface area contributed by atoms with Crippen molar-refractivity contribution in [1.29, 1.82) is 5.26 Å². The zero-order chi connectivity index (χ0) is 27.8. The topological polar surface area (TPSA) is 53.3 Å². The quantitative estimate of drug-likeness (QED) is 0.366. The van der Waals surface area contributed by atoms with E-state index in [1.165, 1.54) is 6.92 Å². The maximum atomic E-state index is 13.4. The van der Waals surface area contributed by atoms with Gasteiger partial charge in [-0.1, -0.05) is 30.3 Å². The maximum absolute atomic E-state index is 13.4. The predicted octanol–water partition coefficient (Wildman–Crippen LogP) is 7.20. The van der Waals surface area contributed by atoms with E-state index in [-0.39, 0.29) is 24.1 Å². The Morgan fingerprint density at radius 1 is 0.974 bits per heavy atom. The molecule has 2 aromatic carbocycles. The number of rotatable bonds is 6. The number of benzene rings is 2. The lowest BCUT2D eigenvalue weighted by Gasteiger charge is -2.47. The van der Waals surface area contributed by atoms with E-state index in [2.05, 4.69) is 6.07 Å². The number of amides is 1. The summed E-state index contributed by atoms with van der Waals surface area (Å²) in [5.41, 5.74) is -3.64. The lowest BCUT2D eigenvalue weighted by atomic mass is 9.64. The van der Waals surface area contributed by atoms with E-state index < -0.39 is 40.5 Å². The van der Waals surface area contributed by atoms with Gasteiger partial charge in [-0.05, 0) is 68.4 Å². The molecule has 204 valence electrons. The van der Waals surface area contributed by atoms with Crippen molar-refractivity contribution in [2.45, 2.75) is 74.9 Å². The van der Waals surface area contributed by atoms with E-state index >= 15 is 0 Å². The molecule has 10 heteroatoms. The molecule has 0 aromatic heterocycles. The van der Waals surface area contributed by atoms with E-state index in [4.69, 9.17) is 4.74 Å². The SMILES string of the molecule is C[C@@H](OCC1(c2ccccc2)CCC(C#N)(N2CCCC2=O)CC1)c1cc(C(F)(F)F)cc(C(F)(F)F)c1. The highest BCUT2D eigenvalue weighted by molar-refractivity contribution is 5.79. The molecule has 0 spiro atoms. The Morgan fingerprint density at radius 2 is 1.55 bits per heavy atom. The van der Waals surface area contributed by atoms with Crippen LogP contribution in [-0.4, -0.2) is 29.5 Å².